The first-order valence-corrected chi connectivity index (χ1v) is 5.15. The number of amides is 1. The molecule has 0 N–H and O–H groups in total. The quantitative estimate of drug-likeness (QED) is 0.725. The Morgan fingerprint density at radius 2 is 1.80 bits per heavy atom. The standard InChI is InChI=1S/C11H21NO3/c1-7-9(8(2)13)12(6)10(14)15-11(3,4)5/h9H,7H2,1-6H3/t9-/m1/s1. The fraction of sp³-hybridized carbons (Fsp3) is 0.818. The Morgan fingerprint density at radius 1 is 1.33 bits per heavy atom. The third-order valence-electron chi connectivity index (χ3n) is 2.00. The van der Waals surface area contributed by atoms with Crippen LogP contribution in [-0.4, -0.2) is 35.5 Å². The van der Waals surface area contributed by atoms with Crippen LogP contribution in [0, 0.1) is 0 Å². The van der Waals surface area contributed by atoms with Gasteiger partial charge in [-0.3, -0.25) is 4.79 Å². The Balaban J connectivity index is 4.49. The van der Waals surface area contributed by atoms with Crippen molar-refractivity contribution in [2.75, 3.05) is 7.05 Å². The maximum Gasteiger partial charge on any atom is 0.410 e. The second-order valence-electron chi connectivity index (χ2n) is 4.63. The number of hydrogen-bond acceptors (Lipinski definition) is 3. The molecule has 0 spiro atoms. The first kappa shape index (κ1) is 13.9. The summed E-state index contributed by atoms with van der Waals surface area (Å²) in [7, 11) is 1.59. The molecule has 0 aromatic carbocycles. The maximum atomic E-state index is 11.6. The number of ketones is 1. The molecule has 0 aliphatic heterocycles. The predicted octanol–water partition coefficient (Wildman–Crippen LogP) is 2.22. The van der Waals surface area contributed by atoms with Crippen LogP contribution < -0.4 is 0 Å². The number of carbonyl (C=O) groups excluding carboxylic acids is 2. The molecule has 1 amide bonds. The van der Waals surface area contributed by atoms with E-state index in [-0.39, 0.29) is 11.8 Å². The van der Waals surface area contributed by atoms with Crippen LogP contribution in [0.1, 0.15) is 41.0 Å². The van der Waals surface area contributed by atoms with Gasteiger partial charge in [0.25, 0.3) is 0 Å². The van der Waals surface area contributed by atoms with Gasteiger partial charge in [0.15, 0.2) is 5.78 Å². The molecule has 0 rings (SSSR count). The lowest BCUT2D eigenvalue weighted by molar-refractivity contribution is -0.121. The van der Waals surface area contributed by atoms with Gasteiger partial charge in [-0.2, -0.15) is 0 Å². The zero-order chi connectivity index (χ0) is 12.2. The summed E-state index contributed by atoms with van der Waals surface area (Å²) in [4.78, 5) is 24.2. The van der Waals surface area contributed by atoms with Gasteiger partial charge in [0.05, 0.1) is 6.04 Å². The summed E-state index contributed by atoms with van der Waals surface area (Å²) < 4.78 is 5.17. The molecule has 4 heteroatoms. The van der Waals surface area contributed by atoms with Crippen LogP contribution in [0.5, 0.6) is 0 Å². The molecule has 88 valence electrons. The normalized spacial score (nSPS) is 13.2. The molecule has 0 aliphatic rings. The van der Waals surface area contributed by atoms with Crippen LogP contribution in [0.15, 0.2) is 0 Å². The number of rotatable bonds is 3. The van der Waals surface area contributed by atoms with Crippen LogP contribution >= 0.6 is 0 Å². The third kappa shape index (κ3) is 4.81. The van der Waals surface area contributed by atoms with Gasteiger partial charge in [0, 0.05) is 7.05 Å². The first-order valence-electron chi connectivity index (χ1n) is 5.15. The summed E-state index contributed by atoms with van der Waals surface area (Å²) in [6.07, 6.45) is 0.148. The Bertz CT molecular complexity index is 243. The van der Waals surface area contributed by atoms with Crippen molar-refractivity contribution in [3.8, 4) is 0 Å². The van der Waals surface area contributed by atoms with Gasteiger partial charge >= 0.3 is 6.09 Å². The molecular formula is C11H21NO3. The fourth-order valence-electron chi connectivity index (χ4n) is 1.30. The highest BCUT2D eigenvalue weighted by atomic mass is 16.6. The molecule has 1 atom stereocenters. The monoisotopic (exact) mass is 215 g/mol. The molecule has 4 nitrogen and oxygen atoms in total. The van der Waals surface area contributed by atoms with Gasteiger partial charge in [-0.05, 0) is 34.1 Å². The van der Waals surface area contributed by atoms with Crippen molar-refractivity contribution in [1.29, 1.82) is 0 Å². The van der Waals surface area contributed by atoms with E-state index in [4.69, 9.17) is 4.74 Å². The minimum absolute atomic E-state index is 0.0224. The molecule has 0 aliphatic carbocycles. The van der Waals surface area contributed by atoms with Gasteiger partial charge < -0.3 is 9.64 Å². The van der Waals surface area contributed by atoms with E-state index in [1.165, 1.54) is 11.8 Å². The topological polar surface area (TPSA) is 46.6 Å². The molecule has 0 aromatic heterocycles. The van der Waals surface area contributed by atoms with Gasteiger partial charge in [-0.15, -0.1) is 0 Å². The predicted molar refractivity (Wildman–Crippen MR) is 58.8 cm³/mol. The Morgan fingerprint density at radius 3 is 2.07 bits per heavy atom. The van der Waals surface area contributed by atoms with Crippen molar-refractivity contribution in [2.45, 2.75) is 52.7 Å². The average Bonchev–Trinajstić information content (AvgIpc) is 2.01. The lowest BCUT2D eigenvalue weighted by Gasteiger charge is -2.28. The molecule has 0 fully saturated rings. The molecule has 0 radical (unpaired) electrons. The van der Waals surface area contributed by atoms with Crippen molar-refractivity contribution in [2.24, 2.45) is 0 Å². The van der Waals surface area contributed by atoms with E-state index in [2.05, 4.69) is 0 Å². The number of Topliss-reactive ketones (excluding diaryl/α,β-unsaturated/α-hetero) is 1. The molecule has 0 bridgehead atoms. The van der Waals surface area contributed by atoms with Gasteiger partial charge in [-0.1, -0.05) is 6.92 Å². The van der Waals surface area contributed by atoms with E-state index < -0.39 is 11.7 Å². The largest absolute Gasteiger partial charge is 0.444 e. The lowest BCUT2D eigenvalue weighted by atomic mass is 10.1. The number of carbonyl (C=O) groups is 2. The molecule has 0 heterocycles. The van der Waals surface area contributed by atoms with Crippen molar-refractivity contribution >= 4 is 11.9 Å². The highest BCUT2D eigenvalue weighted by Crippen LogP contribution is 2.12. The number of ether oxygens (including phenoxy) is 1. The summed E-state index contributed by atoms with van der Waals surface area (Å²) in [5, 5.41) is 0. The van der Waals surface area contributed by atoms with E-state index in [1.807, 2.05) is 6.92 Å². The van der Waals surface area contributed by atoms with Gasteiger partial charge in [0.2, 0.25) is 0 Å². The van der Waals surface area contributed by atoms with E-state index in [1.54, 1.807) is 27.8 Å². The van der Waals surface area contributed by atoms with Crippen LogP contribution in [0.4, 0.5) is 4.79 Å². The Labute approximate surface area is 91.6 Å². The highest BCUT2D eigenvalue weighted by molar-refractivity contribution is 5.85. The summed E-state index contributed by atoms with van der Waals surface area (Å²) >= 11 is 0. The maximum absolute atomic E-state index is 11.6. The van der Waals surface area contributed by atoms with Crippen LogP contribution in [0.2, 0.25) is 0 Å². The fourth-order valence-corrected chi connectivity index (χ4v) is 1.30. The molecule has 0 unspecified atom stereocenters. The van der Waals surface area contributed by atoms with E-state index >= 15 is 0 Å². The zero-order valence-corrected chi connectivity index (χ0v) is 10.5. The highest BCUT2D eigenvalue weighted by Gasteiger charge is 2.26. The summed E-state index contributed by atoms with van der Waals surface area (Å²) in [6.45, 7) is 8.75. The first-order chi connectivity index (χ1) is 6.69. The molecule has 0 saturated carbocycles. The smallest absolute Gasteiger partial charge is 0.410 e. The summed E-state index contributed by atoms with van der Waals surface area (Å²) in [6, 6.07) is -0.389. The second kappa shape index (κ2) is 5.14. The zero-order valence-electron chi connectivity index (χ0n) is 10.5. The lowest BCUT2D eigenvalue weighted by Crippen LogP contribution is -2.43. The number of likely N-dealkylation sites (N-methyl/N-ethyl adjacent to an activating group) is 1. The molecule has 0 aromatic rings. The Hall–Kier alpha value is -1.06. The molecule has 0 saturated heterocycles. The van der Waals surface area contributed by atoms with E-state index in [0.29, 0.717) is 6.42 Å². The SMILES string of the molecule is CC[C@H](C(C)=O)N(C)C(=O)OC(C)(C)C. The molecular weight excluding hydrogens is 194 g/mol. The third-order valence-corrected chi connectivity index (χ3v) is 2.00. The summed E-state index contributed by atoms with van der Waals surface area (Å²) in [5.41, 5.74) is -0.527. The van der Waals surface area contributed by atoms with Crippen LogP contribution in [0.25, 0.3) is 0 Å². The minimum atomic E-state index is -0.527. The van der Waals surface area contributed by atoms with Gasteiger partial charge in [-0.25, -0.2) is 4.79 Å². The van der Waals surface area contributed by atoms with Crippen LogP contribution in [0.3, 0.4) is 0 Å². The van der Waals surface area contributed by atoms with Crippen molar-refractivity contribution in [1.82, 2.24) is 4.90 Å². The minimum Gasteiger partial charge on any atom is -0.444 e. The molecule has 15 heavy (non-hydrogen) atoms. The van der Waals surface area contributed by atoms with E-state index in [9.17, 15) is 9.59 Å². The summed E-state index contributed by atoms with van der Waals surface area (Å²) in [5.74, 6) is -0.0224. The number of nitrogens with zero attached hydrogens (tertiary/aromatic N) is 1. The van der Waals surface area contributed by atoms with Gasteiger partial charge in [0.1, 0.15) is 5.60 Å². The van der Waals surface area contributed by atoms with Crippen molar-refractivity contribution < 1.29 is 14.3 Å². The Kier molecular flexibility index (Phi) is 4.78. The van der Waals surface area contributed by atoms with Crippen molar-refractivity contribution in [3.63, 3.8) is 0 Å². The van der Waals surface area contributed by atoms with Crippen LogP contribution in [-0.2, 0) is 9.53 Å². The average molecular weight is 215 g/mol. The number of hydrogen-bond donors (Lipinski definition) is 0. The van der Waals surface area contributed by atoms with Crippen molar-refractivity contribution in [3.05, 3.63) is 0 Å². The van der Waals surface area contributed by atoms with E-state index in [0.717, 1.165) is 0 Å². The second-order valence-corrected chi connectivity index (χ2v) is 4.63.